The predicted octanol–water partition coefficient (Wildman–Crippen LogP) is 4.59. The Morgan fingerprint density at radius 3 is 2.79 bits per heavy atom. The first-order valence-electron chi connectivity index (χ1n) is 8.23. The normalized spacial score (nSPS) is 16.9. The van der Waals surface area contributed by atoms with Gasteiger partial charge in [-0.2, -0.15) is 0 Å². The van der Waals surface area contributed by atoms with Gasteiger partial charge in [0, 0.05) is 12.2 Å². The number of carbonyl (C=O) groups excluding carboxylic acids is 1. The van der Waals surface area contributed by atoms with Gasteiger partial charge in [-0.25, -0.2) is 9.18 Å². The molecule has 1 heterocycles. The van der Waals surface area contributed by atoms with Gasteiger partial charge in [0.15, 0.2) is 0 Å². The summed E-state index contributed by atoms with van der Waals surface area (Å²) in [6.45, 7) is 3.20. The highest BCUT2D eigenvalue weighted by Gasteiger charge is 2.30. The lowest BCUT2D eigenvalue weighted by Crippen LogP contribution is -2.34. The summed E-state index contributed by atoms with van der Waals surface area (Å²) in [5, 5.41) is 2.91. The van der Waals surface area contributed by atoms with Crippen LogP contribution in [0.15, 0.2) is 48.5 Å². The van der Waals surface area contributed by atoms with Gasteiger partial charge >= 0.3 is 6.03 Å². The number of likely N-dealkylation sites (tertiary alicyclic amines) is 1. The van der Waals surface area contributed by atoms with Crippen LogP contribution in [0.4, 0.5) is 14.9 Å². The number of rotatable bonds is 4. The van der Waals surface area contributed by atoms with E-state index < -0.39 is 0 Å². The SMILES string of the molecule is CCOc1ccc(NC(=O)N2CCC[C@@H]2c2cccc(F)c2)cc1. The molecule has 126 valence electrons. The van der Waals surface area contributed by atoms with Crippen LogP contribution in [0.25, 0.3) is 0 Å². The number of urea groups is 1. The van der Waals surface area contributed by atoms with Gasteiger partial charge in [0.2, 0.25) is 0 Å². The van der Waals surface area contributed by atoms with Crippen LogP contribution in [-0.2, 0) is 0 Å². The smallest absolute Gasteiger partial charge is 0.322 e. The molecule has 0 bridgehead atoms. The lowest BCUT2D eigenvalue weighted by Gasteiger charge is -2.25. The van der Waals surface area contributed by atoms with Gasteiger partial charge in [0.05, 0.1) is 12.6 Å². The zero-order valence-corrected chi connectivity index (χ0v) is 13.7. The van der Waals surface area contributed by atoms with E-state index >= 15 is 0 Å². The van der Waals surface area contributed by atoms with Crippen molar-refractivity contribution in [2.24, 2.45) is 0 Å². The molecule has 0 aliphatic carbocycles. The first-order valence-corrected chi connectivity index (χ1v) is 8.23. The quantitative estimate of drug-likeness (QED) is 0.891. The molecule has 2 aromatic rings. The maximum Gasteiger partial charge on any atom is 0.322 e. The highest BCUT2D eigenvalue weighted by atomic mass is 19.1. The number of benzene rings is 2. The lowest BCUT2D eigenvalue weighted by molar-refractivity contribution is 0.207. The van der Waals surface area contributed by atoms with Crippen molar-refractivity contribution in [2.75, 3.05) is 18.5 Å². The molecule has 2 aromatic carbocycles. The third kappa shape index (κ3) is 3.67. The van der Waals surface area contributed by atoms with E-state index in [1.807, 2.05) is 37.3 Å². The van der Waals surface area contributed by atoms with E-state index in [1.54, 1.807) is 11.0 Å². The lowest BCUT2D eigenvalue weighted by atomic mass is 10.0. The summed E-state index contributed by atoms with van der Waals surface area (Å²) in [4.78, 5) is 14.4. The van der Waals surface area contributed by atoms with Gasteiger partial charge in [-0.15, -0.1) is 0 Å². The van der Waals surface area contributed by atoms with E-state index in [1.165, 1.54) is 12.1 Å². The Hall–Kier alpha value is -2.56. The fraction of sp³-hybridized carbons (Fsp3) is 0.316. The van der Waals surface area contributed by atoms with E-state index in [0.717, 1.165) is 24.2 Å². The van der Waals surface area contributed by atoms with Crippen molar-refractivity contribution in [1.29, 1.82) is 0 Å². The minimum atomic E-state index is -0.272. The molecule has 1 saturated heterocycles. The van der Waals surface area contributed by atoms with Crippen LogP contribution in [0, 0.1) is 5.82 Å². The Balaban J connectivity index is 1.69. The molecule has 2 amide bonds. The van der Waals surface area contributed by atoms with Crippen molar-refractivity contribution in [2.45, 2.75) is 25.8 Å². The third-order valence-electron chi connectivity index (χ3n) is 4.16. The van der Waals surface area contributed by atoms with E-state index in [2.05, 4.69) is 5.32 Å². The molecule has 24 heavy (non-hydrogen) atoms. The van der Waals surface area contributed by atoms with Crippen molar-refractivity contribution in [1.82, 2.24) is 4.90 Å². The molecule has 1 fully saturated rings. The number of ether oxygens (including phenoxy) is 1. The van der Waals surface area contributed by atoms with Crippen LogP contribution < -0.4 is 10.1 Å². The highest BCUT2D eigenvalue weighted by molar-refractivity contribution is 5.89. The zero-order chi connectivity index (χ0) is 16.9. The number of hydrogen-bond donors (Lipinski definition) is 1. The predicted molar refractivity (Wildman–Crippen MR) is 91.7 cm³/mol. The Morgan fingerprint density at radius 1 is 1.29 bits per heavy atom. The molecule has 0 spiro atoms. The zero-order valence-electron chi connectivity index (χ0n) is 13.7. The van der Waals surface area contributed by atoms with E-state index in [9.17, 15) is 9.18 Å². The number of halogens is 1. The van der Waals surface area contributed by atoms with Crippen molar-refractivity contribution < 1.29 is 13.9 Å². The number of amides is 2. The van der Waals surface area contributed by atoms with Gasteiger partial charge in [-0.1, -0.05) is 12.1 Å². The highest BCUT2D eigenvalue weighted by Crippen LogP contribution is 2.32. The van der Waals surface area contributed by atoms with Crippen LogP contribution >= 0.6 is 0 Å². The number of nitrogens with one attached hydrogen (secondary N) is 1. The minimum Gasteiger partial charge on any atom is -0.494 e. The minimum absolute atomic E-state index is 0.0802. The Bertz CT molecular complexity index is 703. The number of hydrogen-bond acceptors (Lipinski definition) is 2. The molecule has 1 aliphatic rings. The van der Waals surface area contributed by atoms with Crippen LogP contribution in [-0.4, -0.2) is 24.1 Å². The van der Waals surface area contributed by atoms with Crippen LogP contribution in [0.3, 0.4) is 0 Å². The summed E-state index contributed by atoms with van der Waals surface area (Å²) in [5.74, 6) is 0.501. The van der Waals surface area contributed by atoms with Crippen molar-refractivity contribution in [3.05, 3.63) is 59.9 Å². The molecular weight excluding hydrogens is 307 g/mol. The average Bonchev–Trinajstić information content (AvgIpc) is 3.07. The fourth-order valence-corrected chi connectivity index (χ4v) is 3.07. The topological polar surface area (TPSA) is 41.6 Å². The molecule has 5 heteroatoms. The summed E-state index contributed by atoms with van der Waals surface area (Å²) in [7, 11) is 0. The van der Waals surface area contributed by atoms with Gasteiger partial charge in [0.25, 0.3) is 0 Å². The van der Waals surface area contributed by atoms with Gasteiger partial charge < -0.3 is 15.0 Å². The number of anilines is 1. The molecule has 1 aliphatic heterocycles. The van der Waals surface area contributed by atoms with E-state index in [-0.39, 0.29) is 17.9 Å². The summed E-state index contributed by atoms with van der Waals surface area (Å²) in [6, 6.07) is 13.5. The second kappa shape index (κ2) is 7.34. The fourth-order valence-electron chi connectivity index (χ4n) is 3.07. The summed E-state index contributed by atoms with van der Waals surface area (Å²) < 4.78 is 18.9. The second-order valence-corrected chi connectivity index (χ2v) is 5.79. The van der Waals surface area contributed by atoms with E-state index in [4.69, 9.17) is 4.74 Å². The first kappa shape index (κ1) is 16.3. The second-order valence-electron chi connectivity index (χ2n) is 5.79. The molecule has 0 unspecified atom stereocenters. The Kier molecular flexibility index (Phi) is 4.99. The van der Waals surface area contributed by atoms with Gasteiger partial charge in [0.1, 0.15) is 11.6 Å². The maximum absolute atomic E-state index is 13.5. The molecule has 4 nitrogen and oxygen atoms in total. The maximum atomic E-state index is 13.5. The Labute approximate surface area is 141 Å². The molecule has 0 aromatic heterocycles. The van der Waals surface area contributed by atoms with Crippen LogP contribution in [0.5, 0.6) is 5.75 Å². The number of nitrogens with zero attached hydrogens (tertiary/aromatic N) is 1. The summed E-state index contributed by atoms with van der Waals surface area (Å²) in [6.07, 6.45) is 1.76. The molecule has 3 rings (SSSR count). The average molecular weight is 328 g/mol. The van der Waals surface area contributed by atoms with Gasteiger partial charge in [-0.3, -0.25) is 0 Å². The molecule has 0 radical (unpaired) electrons. The van der Waals surface area contributed by atoms with E-state index in [0.29, 0.717) is 18.8 Å². The van der Waals surface area contributed by atoms with Crippen LogP contribution in [0.2, 0.25) is 0 Å². The molecule has 0 saturated carbocycles. The third-order valence-corrected chi connectivity index (χ3v) is 4.16. The molecule has 1 N–H and O–H groups in total. The largest absolute Gasteiger partial charge is 0.494 e. The summed E-state index contributed by atoms with van der Waals surface area (Å²) in [5.41, 5.74) is 1.56. The molecule has 1 atom stereocenters. The summed E-state index contributed by atoms with van der Waals surface area (Å²) >= 11 is 0. The molecular formula is C19H21FN2O2. The first-order chi connectivity index (χ1) is 11.7. The van der Waals surface area contributed by atoms with Crippen LogP contribution in [0.1, 0.15) is 31.4 Å². The van der Waals surface area contributed by atoms with Gasteiger partial charge in [-0.05, 0) is 61.7 Å². The Morgan fingerprint density at radius 2 is 2.08 bits per heavy atom. The monoisotopic (exact) mass is 328 g/mol. The van der Waals surface area contributed by atoms with Crippen molar-refractivity contribution >= 4 is 11.7 Å². The van der Waals surface area contributed by atoms with Crippen molar-refractivity contribution in [3.63, 3.8) is 0 Å². The van der Waals surface area contributed by atoms with Crippen molar-refractivity contribution in [3.8, 4) is 5.75 Å². The standard InChI is InChI=1S/C19H21FN2O2/c1-2-24-17-10-8-16(9-11-17)21-19(23)22-12-4-7-18(22)14-5-3-6-15(20)13-14/h3,5-6,8-11,13,18H,2,4,7,12H2,1H3,(H,21,23)/t18-/m1/s1. The number of carbonyl (C=O) groups is 1.